The third-order valence-corrected chi connectivity index (χ3v) is 1.60. The average Bonchev–Trinajstić information content (AvgIpc) is 2.10. The summed E-state index contributed by atoms with van der Waals surface area (Å²) < 4.78 is 4.72. The van der Waals surface area contributed by atoms with E-state index in [9.17, 15) is 4.79 Å². The van der Waals surface area contributed by atoms with E-state index < -0.39 is 11.2 Å². The summed E-state index contributed by atoms with van der Waals surface area (Å²) in [6.45, 7) is 2.47. The lowest BCUT2D eigenvalue weighted by molar-refractivity contribution is 0.429. The predicted octanol–water partition coefficient (Wildman–Crippen LogP) is 0.436. The molecule has 0 aliphatic carbocycles. The fourth-order valence-corrected chi connectivity index (χ4v) is 0.961. The van der Waals surface area contributed by atoms with E-state index in [-0.39, 0.29) is 5.69 Å². The number of aromatic hydroxyl groups is 1. The van der Waals surface area contributed by atoms with Crippen molar-refractivity contribution in [2.24, 2.45) is 5.84 Å². The van der Waals surface area contributed by atoms with Crippen molar-refractivity contribution in [1.29, 1.82) is 0 Å². The smallest absolute Gasteiger partial charge is 0.251 e. The molecule has 5 heteroatoms. The van der Waals surface area contributed by atoms with Crippen LogP contribution >= 0.6 is 0 Å². The first-order valence-electron chi connectivity index (χ1n) is 3.98. The first-order chi connectivity index (χ1) is 6.16. The van der Waals surface area contributed by atoms with E-state index in [0.29, 0.717) is 6.54 Å². The summed E-state index contributed by atoms with van der Waals surface area (Å²) in [6.07, 6.45) is 3.01. The van der Waals surface area contributed by atoms with Crippen LogP contribution in [0.2, 0.25) is 0 Å². The largest absolute Gasteiger partial charge is 0.502 e. The van der Waals surface area contributed by atoms with Crippen molar-refractivity contribution in [1.82, 2.24) is 0 Å². The van der Waals surface area contributed by atoms with Gasteiger partial charge in [0, 0.05) is 6.54 Å². The van der Waals surface area contributed by atoms with Crippen LogP contribution in [0.1, 0.15) is 13.3 Å². The molecule has 1 aromatic heterocycles. The highest BCUT2D eigenvalue weighted by Crippen LogP contribution is 2.09. The molecule has 0 fully saturated rings. The molecule has 1 aromatic rings. The molecule has 72 valence electrons. The van der Waals surface area contributed by atoms with Gasteiger partial charge in [-0.2, -0.15) is 0 Å². The predicted molar refractivity (Wildman–Crippen MR) is 48.5 cm³/mol. The Bertz CT molecular complexity index is 334. The first-order valence-corrected chi connectivity index (χ1v) is 3.98. The topological polar surface area (TPSA) is 79.7 Å². The fourth-order valence-electron chi connectivity index (χ4n) is 0.961. The minimum atomic E-state index is -0.512. The summed E-state index contributed by atoms with van der Waals surface area (Å²) in [6, 6.07) is 0. The molecule has 13 heavy (non-hydrogen) atoms. The first kappa shape index (κ1) is 9.60. The molecule has 1 heterocycles. The number of nitrogens with zero attached hydrogens (tertiary/aromatic N) is 1. The number of hydrogen-bond donors (Lipinski definition) is 2. The lowest BCUT2D eigenvalue weighted by atomic mass is 10.3. The van der Waals surface area contributed by atoms with Crippen molar-refractivity contribution in [3.05, 3.63) is 22.7 Å². The molecule has 0 saturated carbocycles. The monoisotopic (exact) mass is 184 g/mol. The zero-order chi connectivity index (χ0) is 9.84. The van der Waals surface area contributed by atoms with Crippen LogP contribution in [0.5, 0.6) is 5.75 Å². The van der Waals surface area contributed by atoms with E-state index >= 15 is 0 Å². The van der Waals surface area contributed by atoms with Crippen molar-refractivity contribution in [3.8, 4) is 5.75 Å². The molecular formula is C8H12N2O3. The van der Waals surface area contributed by atoms with Gasteiger partial charge in [-0.3, -0.25) is 4.79 Å². The molecule has 0 saturated heterocycles. The van der Waals surface area contributed by atoms with Crippen molar-refractivity contribution < 1.29 is 9.52 Å². The Kier molecular flexibility index (Phi) is 2.92. The quantitative estimate of drug-likeness (QED) is 0.526. The van der Waals surface area contributed by atoms with Crippen LogP contribution in [0.3, 0.4) is 0 Å². The second-order valence-corrected chi connectivity index (χ2v) is 2.66. The molecule has 0 aliphatic heterocycles. The Hall–Kier alpha value is -1.49. The molecule has 0 radical (unpaired) electrons. The van der Waals surface area contributed by atoms with Gasteiger partial charge in [-0.15, -0.1) is 0 Å². The van der Waals surface area contributed by atoms with Gasteiger partial charge in [0.2, 0.25) is 5.75 Å². The second-order valence-electron chi connectivity index (χ2n) is 2.66. The molecule has 1 rings (SSSR count). The molecule has 0 spiro atoms. The van der Waals surface area contributed by atoms with E-state index in [1.807, 2.05) is 6.92 Å². The maximum atomic E-state index is 11.3. The molecule has 5 nitrogen and oxygen atoms in total. The fraction of sp³-hybridized carbons (Fsp3) is 0.375. The van der Waals surface area contributed by atoms with Crippen LogP contribution in [0.4, 0.5) is 5.69 Å². The third-order valence-electron chi connectivity index (χ3n) is 1.60. The van der Waals surface area contributed by atoms with Crippen molar-refractivity contribution >= 4 is 5.69 Å². The highest BCUT2D eigenvalue weighted by molar-refractivity contribution is 5.44. The van der Waals surface area contributed by atoms with E-state index in [1.54, 1.807) is 0 Å². The van der Waals surface area contributed by atoms with Gasteiger partial charge >= 0.3 is 0 Å². The molecule has 0 bridgehead atoms. The highest BCUT2D eigenvalue weighted by Gasteiger charge is 2.09. The Morgan fingerprint density at radius 2 is 2.31 bits per heavy atom. The van der Waals surface area contributed by atoms with Gasteiger partial charge < -0.3 is 14.5 Å². The summed E-state index contributed by atoms with van der Waals surface area (Å²) in [5, 5.41) is 10.3. The van der Waals surface area contributed by atoms with Crippen LogP contribution in [-0.2, 0) is 0 Å². The van der Waals surface area contributed by atoms with E-state index in [4.69, 9.17) is 15.4 Å². The summed E-state index contributed by atoms with van der Waals surface area (Å²) in [5.74, 6) is 5.11. The second kappa shape index (κ2) is 3.95. The average molecular weight is 184 g/mol. The van der Waals surface area contributed by atoms with Gasteiger partial charge in [0.15, 0.2) is 0 Å². The molecule has 0 amide bonds. The summed E-state index contributed by atoms with van der Waals surface area (Å²) >= 11 is 0. The van der Waals surface area contributed by atoms with Gasteiger partial charge in [-0.05, 0) is 6.42 Å². The lowest BCUT2D eigenvalue weighted by Crippen LogP contribution is -2.35. The number of nitrogens with two attached hydrogens (primary N) is 1. The van der Waals surface area contributed by atoms with Gasteiger partial charge in [0.1, 0.15) is 18.2 Å². The van der Waals surface area contributed by atoms with Crippen LogP contribution in [0.15, 0.2) is 21.7 Å². The van der Waals surface area contributed by atoms with Crippen molar-refractivity contribution in [2.45, 2.75) is 13.3 Å². The van der Waals surface area contributed by atoms with E-state index in [2.05, 4.69) is 0 Å². The Morgan fingerprint density at radius 1 is 1.62 bits per heavy atom. The summed E-state index contributed by atoms with van der Waals surface area (Å²) in [4.78, 5) is 11.3. The van der Waals surface area contributed by atoms with E-state index in [0.717, 1.165) is 12.7 Å². The van der Waals surface area contributed by atoms with Gasteiger partial charge in [0.25, 0.3) is 5.43 Å². The summed E-state index contributed by atoms with van der Waals surface area (Å²) in [7, 11) is 0. The maximum Gasteiger partial charge on any atom is 0.251 e. The van der Waals surface area contributed by atoms with Gasteiger partial charge in [-0.1, -0.05) is 6.92 Å². The minimum absolute atomic E-state index is 0.168. The molecule has 0 unspecified atom stereocenters. The molecule has 0 aliphatic rings. The van der Waals surface area contributed by atoms with Crippen LogP contribution < -0.4 is 16.3 Å². The molecule has 0 aromatic carbocycles. The van der Waals surface area contributed by atoms with Crippen LogP contribution in [0, 0.1) is 0 Å². The SMILES string of the molecule is CCCN(N)c1cocc(O)c1=O. The minimum Gasteiger partial charge on any atom is -0.502 e. The Morgan fingerprint density at radius 3 is 2.92 bits per heavy atom. The van der Waals surface area contributed by atoms with Crippen molar-refractivity contribution in [3.63, 3.8) is 0 Å². The van der Waals surface area contributed by atoms with Crippen molar-refractivity contribution in [2.75, 3.05) is 11.6 Å². The maximum absolute atomic E-state index is 11.3. The number of anilines is 1. The number of rotatable bonds is 3. The van der Waals surface area contributed by atoms with E-state index in [1.165, 1.54) is 11.3 Å². The molecule has 0 atom stereocenters. The standard InChI is InChI=1S/C8H12N2O3/c1-2-3-10(9)6-4-13-5-7(11)8(6)12/h4-5,11H,2-3,9H2,1H3. The Balaban J connectivity index is 3.01. The van der Waals surface area contributed by atoms with Crippen LogP contribution in [-0.4, -0.2) is 11.7 Å². The van der Waals surface area contributed by atoms with Crippen LogP contribution in [0.25, 0.3) is 0 Å². The molecule has 3 N–H and O–H groups in total. The van der Waals surface area contributed by atoms with Gasteiger partial charge in [-0.25, -0.2) is 5.84 Å². The molecular weight excluding hydrogens is 172 g/mol. The Labute approximate surface area is 75.4 Å². The highest BCUT2D eigenvalue weighted by atomic mass is 16.3. The number of hydrogen-bond acceptors (Lipinski definition) is 5. The zero-order valence-electron chi connectivity index (χ0n) is 7.36. The number of hydrazine groups is 1. The summed E-state index contributed by atoms with van der Waals surface area (Å²) in [5.41, 5.74) is -0.343. The van der Waals surface area contributed by atoms with Gasteiger partial charge in [0.05, 0.1) is 0 Å². The third kappa shape index (κ3) is 2.00. The lowest BCUT2D eigenvalue weighted by Gasteiger charge is -2.15. The zero-order valence-corrected chi connectivity index (χ0v) is 7.36. The normalized spacial score (nSPS) is 10.0.